The third-order valence-electron chi connectivity index (χ3n) is 1.68. The van der Waals surface area contributed by atoms with Crippen LogP contribution < -0.4 is 14.2 Å². The number of ether oxygens (including phenoxy) is 3. The van der Waals surface area contributed by atoms with Crippen molar-refractivity contribution < 1.29 is 19.0 Å². The van der Waals surface area contributed by atoms with Gasteiger partial charge in [0.15, 0.2) is 11.5 Å². The first-order valence-corrected chi connectivity index (χ1v) is 4.73. The molecule has 0 bridgehead atoms. The van der Waals surface area contributed by atoms with Crippen molar-refractivity contribution in [2.24, 2.45) is 0 Å². The number of rotatable bonds is 1. The van der Waals surface area contributed by atoms with Crippen molar-refractivity contribution in [2.75, 3.05) is 6.79 Å². The number of benzene rings is 1. The molecule has 74 valence electrons. The minimum absolute atomic E-state index is 0.200. The van der Waals surface area contributed by atoms with Gasteiger partial charge in [0.05, 0.1) is 4.47 Å². The van der Waals surface area contributed by atoms with Crippen LogP contribution in [0.25, 0.3) is 0 Å². The van der Waals surface area contributed by atoms with Gasteiger partial charge in [-0.1, -0.05) is 0 Å². The Morgan fingerprint density at radius 1 is 1.43 bits per heavy atom. The van der Waals surface area contributed by atoms with E-state index in [1.54, 1.807) is 12.1 Å². The highest BCUT2D eigenvalue weighted by Gasteiger charge is 2.17. The average Bonchev–Trinajstić information content (AvgIpc) is 2.51. The molecular weight excluding hydrogens is 252 g/mol. The molecule has 0 fully saturated rings. The Morgan fingerprint density at radius 2 is 2.07 bits per heavy atom. The van der Waals surface area contributed by atoms with E-state index in [9.17, 15) is 4.79 Å². The van der Waals surface area contributed by atoms with E-state index in [0.29, 0.717) is 21.7 Å². The second kappa shape index (κ2) is 3.49. The van der Waals surface area contributed by atoms with Gasteiger partial charge in [0.25, 0.3) is 0 Å². The number of hydrogen-bond donors (Lipinski definition) is 0. The Hall–Kier alpha value is -1.23. The second-order valence-corrected chi connectivity index (χ2v) is 3.58. The molecule has 0 spiro atoms. The van der Waals surface area contributed by atoms with Gasteiger partial charge < -0.3 is 14.2 Å². The lowest BCUT2D eigenvalue weighted by Crippen LogP contribution is -2.01. The normalized spacial score (nSPS) is 12.7. The molecule has 4 nitrogen and oxygen atoms in total. The Bertz CT molecular complexity index is 389. The van der Waals surface area contributed by atoms with E-state index in [1.165, 1.54) is 6.92 Å². The maximum Gasteiger partial charge on any atom is 0.308 e. The third kappa shape index (κ3) is 1.68. The monoisotopic (exact) mass is 258 g/mol. The molecule has 14 heavy (non-hydrogen) atoms. The number of esters is 1. The SMILES string of the molecule is CC(=O)Oc1cc2c(cc1Br)OCO2. The van der Waals surface area contributed by atoms with Gasteiger partial charge in [0.2, 0.25) is 6.79 Å². The summed E-state index contributed by atoms with van der Waals surface area (Å²) in [7, 11) is 0. The largest absolute Gasteiger partial charge is 0.454 e. The molecule has 5 heteroatoms. The first kappa shape index (κ1) is 9.33. The Kier molecular flexibility index (Phi) is 2.33. The molecule has 0 unspecified atom stereocenters. The van der Waals surface area contributed by atoms with Crippen LogP contribution >= 0.6 is 15.9 Å². The zero-order valence-electron chi connectivity index (χ0n) is 7.37. The molecule has 0 aliphatic carbocycles. The van der Waals surface area contributed by atoms with Gasteiger partial charge in [0.1, 0.15) is 5.75 Å². The summed E-state index contributed by atoms with van der Waals surface area (Å²) in [5, 5.41) is 0. The van der Waals surface area contributed by atoms with Crippen molar-refractivity contribution in [3.63, 3.8) is 0 Å². The first-order valence-electron chi connectivity index (χ1n) is 3.94. The maximum atomic E-state index is 10.8. The van der Waals surface area contributed by atoms with Crippen LogP contribution in [0.3, 0.4) is 0 Å². The molecule has 1 aromatic carbocycles. The smallest absolute Gasteiger partial charge is 0.308 e. The van der Waals surface area contributed by atoms with Gasteiger partial charge in [-0.25, -0.2) is 0 Å². The fourth-order valence-corrected chi connectivity index (χ4v) is 1.53. The summed E-state index contributed by atoms with van der Waals surface area (Å²) in [6.45, 7) is 1.54. The number of carbonyl (C=O) groups excluding carboxylic acids is 1. The molecule has 2 rings (SSSR count). The molecule has 1 aliphatic rings. The lowest BCUT2D eigenvalue weighted by Gasteiger charge is -2.04. The highest BCUT2D eigenvalue weighted by molar-refractivity contribution is 9.10. The molecule has 0 saturated heterocycles. The summed E-state index contributed by atoms with van der Waals surface area (Å²) in [6.07, 6.45) is 0. The van der Waals surface area contributed by atoms with Gasteiger partial charge in [-0.3, -0.25) is 4.79 Å². The molecule has 0 saturated carbocycles. The Labute approximate surface area is 88.9 Å². The standard InChI is InChI=1S/C9H7BrO4/c1-5(11)14-7-3-9-8(2-6(7)10)12-4-13-9/h2-3H,4H2,1H3. The Morgan fingerprint density at radius 3 is 2.71 bits per heavy atom. The van der Waals surface area contributed by atoms with Crippen LogP contribution in [0.2, 0.25) is 0 Å². The highest BCUT2D eigenvalue weighted by atomic mass is 79.9. The van der Waals surface area contributed by atoms with Crippen molar-refractivity contribution in [1.29, 1.82) is 0 Å². The maximum absolute atomic E-state index is 10.8. The van der Waals surface area contributed by atoms with Crippen molar-refractivity contribution in [1.82, 2.24) is 0 Å². The summed E-state index contributed by atoms with van der Waals surface area (Å²) in [6, 6.07) is 3.33. The number of carbonyl (C=O) groups is 1. The van der Waals surface area contributed by atoms with Crippen molar-refractivity contribution in [3.05, 3.63) is 16.6 Å². The summed E-state index contributed by atoms with van der Waals surface area (Å²) >= 11 is 3.27. The molecular formula is C9H7BrO4. The van der Waals surface area contributed by atoms with Crippen molar-refractivity contribution in [2.45, 2.75) is 6.92 Å². The van der Waals surface area contributed by atoms with Gasteiger partial charge in [-0.05, 0) is 15.9 Å². The second-order valence-electron chi connectivity index (χ2n) is 2.73. The minimum atomic E-state index is -0.371. The topological polar surface area (TPSA) is 44.8 Å². The third-order valence-corrected chi connectivity index (χ3v) is 2.30. The molecule has 1 heterocycles. The van der Waals surface area contributed by atoms with Crippen molar-refractivity contribution in [3.8, 4) is 17.2 Å². The lowest BCUT2D eigenvalue weighted by molar-refractivity contribution is -0.131. The van der Waals surface area contributed by atoms with E-state index < -0.39 is 0 Å². The van der Waals surface area contributed by atoms with E-state index >= 15 is 0 Å². The molecule has 0 aromatic heterocycles. The summed E-state index contributed by atoms with van der Waals surface area (Å²) < 4.78 is 15.9. The molecule has 1 aromatic rings. The van der Waals surface area contributed by atoms with Crippen LogP contribution in [0.1, 0.15) is 6.92 Å². The molecule has 0 amide bonds. The predicted octanol–water partition coefficient (Wildman–Crippen LogP) is 2.10. The average molecular weight is 259 g/mol. The molecule has 1 aliphatic heterocycles. The van der Waals surface area contributed by atoms with Crippen molar-refractivity contribution >= 4 is 21.9 Å². The molecule has 0 radical (unpaired) electrons. The van der Waals surface area contributed by atoms with Gasteiger partial charge in [-0.15, -0.1) is 0 Å². The fourth-order valence-electron chi connectivity index (χ4n) is 1.13. The van der Waals surface area contributed by atoms with Crippen LogP contribution in [-0.4, -0.2) is 12.8 Å². The first-order chi connectivity index (χ1) is 6.66. The summed E-state index contributed by atoms with van der Waals surface area (Å²) in [4.78, 5) is 10.8. The van der Waals surface area contributed by atoms with E-state index in [0.717, 1.165) is 0 Å². The van der Waals surface area contributed by atoms with Gasteiger partial charge in [0, 0.05) is 19.1 Å². The summed E-state index contributed by atoms with van der Waals surface area (Å²) in [5.74, 6) is 1.29. The van der Waals surface area contributed by atoms with E-state index in [-0.39, 0.29) is 12.8 Å². The highest BCUT2D eigenvalue weighted by Crippen LogP contribution is 2.40. The predicted molar refractivity (Wildman–Crippen MR) is 51.6 cm³/mol. The summed E-state index contributed by atoms with van der Waals surface area (Å²) in [5.41, 5.74) is 0. The van der Waals surface area contributed by atoms with Crippen LogP contribution in [-0.2, 0) is 4.79 Å². The lowest BCUT2D eigenvalue weighted by atomic mass is 10.3. The fraction of sp³-hybridized carbons (Fsp3) is 0.222. The quantitative estimate of drug-likeness (QED) is 0.572. The van der Waals surface area contributed by atoms with Gasteiger partial charge >= 0.3 is 5.97 Å². The Balaban J connectivity index is 2.37. The number of hydrogen-bond acceptors (Lipinski definition) is 4. The minimum Gasteiger partial charge on any atom is -0.454 e. The zero-order chi connectivity index (χ0) is 10.1. The van der Waals surface area contributed by atoms with Gasteiger partial charge in [-0.2, -0.15) is 0 Å². The van der Waals surface area contributed by atoms with E-state index in [1.807, 2.05) is 0 Å². The zero-order valence-corrected chi connectivity index (χ0v) is 8.96. The number of fused-ring (bicyclic) bond motifs is 1. The van der Waals surface area contributed by atoms with Crippen LogP contribution in [0, 0.1) is 0 Å². The molecule has 0 N–H and O–H groups in total. The molecule has 0 atom stereocenters. The van der Waals surface area contributed by atoms with Crippen LogP contribution in [0.4, 0.5) is 0 Å². The van der Waals surface area contributed by atoms with E-state index in [2.05, 4.69) is 15.9 Å². The van der Waals surface area contributed by atoms with Crippen LogP contribution in [0.5, 0.6) is 17.2 Å². The van der Waals surface area contributed by atoms with E-state index in [4.69, 9.17) is 14.2 Å². The van der Waals surface area contributed by atoms with Crippen LogP contribution in [0.15, 0.2) is 16.6 Å². The number of halogens is 1.